The average molecular weight is 753 g/mol. The third kappa shape index (κ3) is 9.10. The van der Waals surface area contributed by atoms with E-state index in [1.807, 2.05) is 66.7 Å². The molecule has 2 aromatic heterocycles. The molecule has 2 fully saturated rings. The van der Waals surface area contributed by atoms with E-state index in [0.717, 1.165) is 52.8 Å². The molecule has 0 bridgehead atoms. The summed E-state index contributed by atoms with van der Waals surface area (Å²) in [5.74, 6) is 0.225. The zero-order valence-electron chi connectivity index (χ0n) is 31.3. The van der Waals surface area contributed by atoms with E-state index in [1.54, 1.807) is 30.3 Å². The smallest absolute Gasteiger partial charge is 0.870 e. The Labute approximate surface area is 340 Å². The number of rotatable bonds is 6. The van der Waals surface area contributed by atoms with Crippen LogP contribution in [0.2, 0.25) is 0 Å². The predicted octanol–water partition coefficient (Wildman–Crippen LogP) is 3.36. The van der Waals surface area contributed by atoms with E-state index in [2.05, 4.69) is 23.6 Å². The Bertz CT molecular complexity index is 2260. The molecule has 4 heterocycles. The monoisotopic (exact) mass is 752 g/mol. The van der Waals surface area contributed by atoms with Crippen molar-refractivity contribution in [3.63, 3.8) is 0 Å². The van der Waals surface area contributed by atoms with Gasteiger partial charge in [0, 0.05) is 24.2 Å². The van der Waals surface area contributed by atoms with Crippen molar-refractivity contribution in [2.75, 3.05) is 56.4 Å². The molecule has 13 nitrogen and oxygen atoms in total. The van der Waals surface area contributed by atoms with Crippen LogP contribution in [0, 0.1) is 0 Å². The van der Waals surface area contributed by atoms with Crippen molar-refractivity contribution in [1.29, 1.82) is 0 Å². The molecule has 8 rings (SSSR count). The second-order valence-corrected chi connectivity index (χ2v) is 13.0. The quantitative estimate of drug-likeness (QED) is 0.194. The molecule has 0 aliphatic carbocycles. The Morgan fingerprint density at radius 3 is 1.51 bits per heavy atom. The van der Waals surface area contributed by atoms with Crippen LogP contribution in [-0.4, -0.2) is 101 Å². The number of carbonyl (C=O) groups is 2. The average Bonchev–Trinajstić information content (AvgIpc) is 3.20. The Morgan fingerprint density at radius 1 is 0.655 bits per heavy atom. The first kappa shape index (κ1) is 41.1. The maximum absolute atomic E-state index is 11.9. The van der Waals surface area contributed by atoms with Gasteiger partial charge >= 0.3 is 41.5 Å². The molecule has 2 aliphatic rings. The molecule has 14 heteroatoms. The summed E-state index contributed by atoms with van der Waals surface area (Å²) in [6, 6.07) is 30.4. The van der Waals surface area contributed by atoms with Crippen molar-refractivity contribution >= 4 is 45.6 Å². The number of benzene rings is 4. The first-order valence-electron chi connectivity index (χ1n) is 17.6. The number of morpholine rings is 2. The summed E-state index contributed by atoms with van der Waals surface area (Å²) >= 11 is 0. The van der Waals surface area contributed by atoms with Gasteiger partial charge in [-0.15, -0.1) is 0 Å². The standard InChI is InChI=1S/C21H21N3O3.C20H19N3O3.Na.H2O/c1-14-13-27-11-10-24(14)20-19(15-6-4-3-5-7-15)22-17-9-8-16(21(25)26-2)12-18(17)23-20;1-13-12-26-10-9-23(13)19-18(14-5-3-2-4-6-14)21-16-8-7-15(20(24)25)11-17(16)22-19;;/h3-9,12,14H,10-11,13H2,1-2H3;2-8,11,13H,9-10,12H2,1H3,(H,24,25);;1H2/q;;+1;/p-1. The van der Waals surface area contributed by atoms with Gasteiger partial charge in [-0.3, -0.25) is 0 Å². The minimum absolute atomic E-state index is 0. The van der Waals surface area contributed by atoms with Crippen molar-refractivity contribution < 1.29 is 63.9 Å². The van der Waals surface area contributed by atoms with Crippen molar-refractivity contribution in [3.05, 3.63) is 108 Å². The number of esters is 1. The largest absolute Gasteiger partial charge is 1.00 e. The van der Waals surface area contributed by atoms with Gasteiger partial charge in [-0.2, -0.15) is 0 Å². The number of anilines is 2. The van der Waals surface area contributed by atoms with Crippen molar-refractivity contribution in [2.45, 2.75) is 25.9 Å². The van der Waals surface area contributed by atoms with E-state index < -0.39 is 5.97 Å². The summed E-state index contributed by atoms with van der Waals surface area (Å²) in [5.41, 5.74) is 6.98. The number of hydrogen-bond acceptors (Lipinski definition) is 12. The number of ether oxygens (including phenoxy) is 3. The zero-order chi connectivity index (χ0) is 36.9. The van der Waals surface area contributed by atoms with Crippen LogP contribution in [0.4, 0.5) is 11.6 Å². The maximum Gasteiger partial charge on any atom is 1.00 e. The van der Waals surface area contributed by atoms with Crippen molar-refractivity contribution in [3.8, 4) is 22.5 Å². The number of carboxylic acid groups (broad SMARTS) is 1. The Balaban J connectivity index is 0.000000204. The van der Waals surface area contributed by atoms with E-state index in [1.165, 1.54) is 7.11 Å². The number of methoxy groups -OCH3 is 1. The molecule has 6 aromatic rings. The summed E-state index contributed by atoms with van der Waals surface area (Å²) in [4.78, 5) is 47.0. The maximum atomic E-state index is 11.9. The molecular weight excluding hydrogens is 711 g/mol. The molecule has 0 spiro atoms. The number of fused-ring (bicyclic) bond motifs is 2. The van der Waals surface area contributed by atoms with Crippen LogP contribution in [0.5, 0.6) is 0 Å². The number of aromatic carboxylic acids is 1. The van der Waals surface area contributed by atoms with Crippen molar-refractivity contribution in [2.24, 2.45) is 0 Å². The van der Waals surface area contributed by atoms with Crippen LogP contribution in [0.25, 0.3) is 44.6 Å². The summed E-state index contributed by atoms with van der Waals surface area (Å²) < 4.78 is 16.0. The normalized spacial score (nSPS) is 16.6. The fraction of sp³-hybridized carbons (Fsp3) is 0.268. The van der Waals surface area contributed by atoms with Gasteiger partial charge in [0.2, 0.25) is 0 Å². The molecule has 55 heavy (non-hydrogen) atoms. The molecule has 2 saturated heterocycles. The van der Waals surface area contributed by atoms with Gasteiger partial charge in [0.1, 0.15) is 11.4 Å². The predicted molar refractivity (Wildman–Crippen MR) is 205 cm³/mol. The molecular formula is C41H41N6NaO7. The number of carbonyl (C=O) groups excluding carboxylic acids is 1. The van der Waals surface area contributed by atoms with E-state index in [4.69, 9.17) is 34.1 Å². The number of hydrogen-bond donors (Lipinski definition) is 1. The van der Waals surface area contributed by atoms with Gasteiger partial charge in [-0.05, 0) is 50.2 Å². The van der Waals surface area contributed by atoms with Crippen molar-refractivity contribution in [1.82, 2.24) is 19.9 Å². The topological polar surface area (TPSA) is 170 Å². The first-order chi connectivity index (χ1) is 25.8. The van der Waals surface area contributed by atoms with Gasteiger partial charge in [0.25, 0.3) is 0 Å². The number of nitrogens with zero attached hydrogens (tertiary/aromatic N) is 6. The van der Waals surface area contributed by atoms with Crippen LogP contribution in [0.15, 0.2) is 97.1 Å². The third-order valence-corrected chi connectivity index (χ3v) is 9.33. The molecule has 278 valence electrons. The SMILES string of the molecule is CC1COCCN1c1nc2cc(C(=O)O)ccc2nc1-c1ccccc1.COC(=O)c1ccc2nc(-c3ccccc3)c(N3CCOCC3C)nc2c1.[Na+].[OH-]. The molecule has 0 radical (unpaired) electrons. The molecule has 0 saturated carbocycles. The minimum Gasteiger partial charge on any atom is -0.870 e. The van der Waals surface area contributed by atoms with E-state index >= 15 is 0 Å². The van der Waals surface area contributed by atoms with Gasteiger partial charge in [-0.1, -0.05) is 60.7 Å². The molecule has 2 unspecified atom stereocenters. The molecule has 4 aromatic carbocycles. The Hall–Kier alpha value is -5.02. The molecule has 0 amide bonds. The Kier molecular flexibility index (Phi) is 13.9. The zero-order valence-corrected chi connectivity index (χ0v) is 33.3. The summed E-state index contributed by atoms with van der Waals surface area (Å²) in [6.07, 6.45) is 0. The summed E-state index contributed by atoms with van der Waals surface area (Å²) in [5, 5.41) is 9.26. The second kappa shape index (κ2) is 18.5. The Morgan fingerprint density at radius 2 is 1.09 bits per heavy atom. The molecule has 2 aliphatic heterocycles. The third-order valence-electron chi connectivity index (χ3n) is 9.33. The minimum atomic E-state index is -0.970. The number of carboxylic acids is 1. The van der Waals surface area contributed by atoms with Crippen LogP contribution in [-0.2, 0) is 14.2 Å². The first-order valence-corrected chi connectivity index (χ1v) is 17.6. The van der Waals surface area contributed by atoms with Crippen LogP contribution in [0.3, 0.4) is 0 Å². The van der Waals surface area contributed by atoms with E-state index in [0.29, 0.717) is 48.5 Å². The number of aromatic nitrogens is 4. The fourth-order valence-electron chi connectivity index (χ4n) is 6.53. The summed E-state index contributed by atoms with van der Waals surface area (Å²) in [6.45, 7) is 8.24. The molecule has 2 atom stereocenters. The van der Waals surface area contributed by atoms with Crippen LogP contribution >= 0.6 is 0 Å². The molecule has 2 N–H and O–H groups in total. The van der Waals surface area contributed by atoms with E-state index in [9.17, 15) is 14.7 Å². The van der Waals surface area contributed by atoms with Gasteiger partial charge in [0.15, 0.2) is 11.6 Å². The van der Waals surface area contributed by atoms with Crippen LogP contribution in [0.1, 0.15) is 34.6 Å². The van der Waals surface area contributed by atoms with Gasteiger partial charge in [0.05, 0.1) is 78.8 Å². The summed E-state index contributed by atoms with van der Waals surface area (Å²) in [7, 11) is 1.37. The second-order valence-electron chi connectivity index (χ2n) is 13.0. The van der Waals surface area contributed by atoms with Gasteiger partial charge < -0.3 is 34.6 Å². The van der Waals surface area contributed by atoms with Gasteiger partial charge in [-0.25, -0.2) is 29.5 Å². The van der Waals surface area contributed by atoms with E-state index in [-0.39, 0.29) is 58.6 Å². The van der Waals surface area contributed by atoms with Crippen LogP contribution < -0.4 is 39.4 Å². The fourth-order valence-corrected chi connectivity index (χ4v) is 6.53.